The maximum absolute atomic E-state index is 5.79. The maximum atomic E-state index is 5.79. The Balaban J connectivity index is 1.98. The summed E-state index contributed by atoms with van der Waals surface area (Å²) in [6, 6.07) is 9.87. The third-order valence-corrected chi connectivity index (χ3v) is 2.74. The summed E-state index contributed by atoms with van der Waals surface area (Å²) in [5.74, 6) is 0.870. The summed E-state index contributed by atoms with van der Waals surface area (Å²) in [5.41, 5.74) is 0.909. The third kappa shape index (κ3) is 4.34. The highest BCUT2D eigenvalue weighted by atomic mass is 16.5. The number of nitrogens with zero attached hydrogens (tertiary/aromatic N) is 2. The molecule has 19 heavy (non-hydrogen) atoms. The number of hydrogen-bond donors (Lipinski definition) is 1. The number of ether oxygens (including phenoxy) is 1. The van der Waals surface area contributed by atoms with Gasteiger partial charge in [0.15, 0.2) is 0 Å². The second-order valence-electron chi connectivity index (χ2n) is 4.26. The van der Waals surface area contributed by atoms with Crippen molar-refractivity contribution in [1.82, 2.24) is 15.3 Å². The number of aromatic nitrogens is 2. The molecule has 1 aromatic heterocycles. The van der Waals surface area contributed by atoms with Gasteiger partial charge < -0.3 is 10.1 Å². The Labute approximate surface area is 113 Å². The van der Waals surface area contributed by atoms with E-state index in [0.29, 0.717) is 6.61 Å². The van der Waals surface area contributed by atoms with Crippen LogP contribution in [0.4, 0.5) is 0 Å². The van der Waals surface area contributed by atoms with Gasteiger partial charge in [-0.2, -0.15) is 0 Å². The molecule has 0 fully saturated rings. The summed E-state index contributed by atoms with van der Waals surface area (Å²) in [4.78, 5) is 8.45. The monoisotopic (exact) mass is 257 g/mol. The van der Waals surface area contributed by atoms with Crippen molar-refractivity contribution in [2.45, 2.75) is 19.4 Å². The van der Waals surface area contributed by atoms with Crippen molar-refractivity contribution < 1.29 is 4.74 Å². The lowest BCUT2D eigenvalue weighted by atomic mass is 10.2. The number of para-hydroxylation sites is 1. The van der Waals surface area contributed by atoms with E-state index >= 15 is 0 Å². The van der Waals surface area contributed by atoms with E-state index in [4.69, 9.17) is 4.74 Å². The van der Waals surface area contributed by atoms with Crippen LogP contribution in [0.15, 0.2) is 48.9 Å². The average Bonchev–Trinajstić information content (AvgIpc) is 2.49. The summed E-state index contributed by atoms with van der Waals surface area (Å²) in [5, 5.41) is 3.43. The molecular formula is C15H19N3O. The van der Waals surface area contributed by atoms with Gasteiger partial charge in [0.05, 0.1) is 17.9 Å². The van der Waals surface area contributed by atoms with Crippen molar-refractivity contribution in [3.05, 3.63) is 54.6 Å². The van der Waals surface area contributed by atoms with E-state index in [1.54, 1.807) is 18.6 Å². The van der Waals surface area contributed by atoms with Gasteiger partial charge in [0.1, 0.15) is 12.4 Å². The second-order valence-corrected chi connectivity index (χ2v) is 4.26. The first kappa shape index (κ1) is 13.5. The van der Waals surface area contributed by atoms with E-state index in [0.717, 1.165) is 24.4 Å². The molecule has 0 amide bonds. The van der Waals surface area contributed by atoms with Gasteiger partial charge in [0.2, 0.25) is 0 Å². The van der Waals surface area contributed by atoms with Gasteiger partial charge in [0.25, 0.3) is 0 Å². The Morgan fingerprint density at radius 2 is 2.05 bits per heavy atom. The molecule has 100 valence electrons. The fraction of sp³-hybridized carbons (Fsp3) is 0.333. The fourth-order valence-electron chi connectivity index (χ4n) is 1.75. The lowest BCUT2D eigenvalue weighted by Gasteiger charge is -2.18. The zero-order valence-corrected chi connectivity index (χ0v) is 11.1. The maximum Gasteiger partial charge on any atom is 0.119 e. The summed E-state index contributed by atoms with van der Waals surface area (Å²) < 4.78 is 5.79. The SMILES string of the molecule is CCCNC(COc1ccccc1)c1cnccn1. The highest BCUT2D eigenvalue weighted by molar-refractivity contribution is 5.21. The Morgan fingerprint density at radius 1 is 1.21 bits per heavy atom. The minimum absolute atomic E-state index is 0.0638. The van der Waals surface area contributed by atoms with Crippen molar-refractivity contribution >= 4 is 0 Å². The van der Waals surface area contributed by atoms with Crippen molar-refractivity contribution in [2.75, 3.05) is 13.2 Å². The van der Waals surface area contributed by atoms with Crippen molar-refractivity contribution in [3.8, 4) is 5.75 Å². The molecule has 1 N–H and O–H groups in total. The van der Waals surface area contributed by atoms with E-state index in [-0.39, 0.29) is 6.04 Å². The summed E-state index contributed by atoms with van der Waals surface area (Å²) >= 11 is 0. The van der Waals surface area contributed by atoms with E-state index in [1.165, 1.54) is 0 Å². The molecule has 2 aromatic rings. The van der Waals surface area contributed by atoms with Crippen LogP contribution in [0.3, 0.4) is 0 Å². The van der Waals surface area contributed by atoms with Crippen LogP contribution in [0.25, 0.3) is 0 Å². The van der Waals surface area contributed by atoms with E-state index in [9.17, 15) is 0 Å². The Bertz CT molecular complexity index is 461. The molecule has 0 aliphatic heterocycles. The molecule has 4 nitrogen and oxygen atoms in total. The van der Waals surface area contributed by atoms with Gasteiger partial charge in [-0.25, -0.2) is 0 Å². The molecule has 1 atom stereocenters. The number of nitrogens with one attached hydrogen (secondary N) is 1. The molecular weight excluding hydrogens is 238 g/mol. The van der Waals surface area contributed by atoms with E-state index < -0.39 is 0 Å². The van der Waals surface area contributed by atoms with Gasteiger partial charge in [0, 0.05) is 12.4 Å². The topological polar surface area (TPSA) is 47.0 Å². The summed E-state index contributed by atoms with van der Waals surface area (Å²) in [6.45, 7) is 3.61. The predicted octanol–water partition coefficient (Wildman–Crippen LogP) is 2.60. The highest BCUT2D eigenvalue weighted by Gasteiger charge is 2.12. The van der Waals surface area contributed by atoms with Crippen LogP contribution in [0.2, 0.25) is 0 Å². The minimum atomic E-state index is 0.0638. The number of rotatable bonds is 7. The first-order chi connectivity index (χ1) is 9.40. The molecule has 0 bridgehead atoms. The Hall–Kier alpha value is -1.94. The second kappa shape index (κ2) is 7.48. The van der Waals surface area contributed by atoms with Crippen LogP contribution in [0.5, 0.6) is 5.75 Å². The summed E-state index contributed by atoms with van der Waals surface area (Å²) in [6.07, 6.45) is 6.24. The number of benzene rings is 1. The van der Waals surface area contributed by atoms with Crippen molar-refractivity contribution in [1.29, 1.82) is 0 Å². The highest BCUT2D eigenvalue weighted by Crippen LogP contribution is 2.13. The molecule has 0 aliphatic carbocycles. The molecule has 2 rings (SSSR count). The third-order valence-electron chi connectivity index (χ3n) is 2.74. The molecule has 0 saturated carbocycles. The number of hydrogen-bond acceptors (Lipinski definition) is 4. The van der Waals surface area contributed by atoms with E-state index in [1.807, 2.05) is 30.3 Å². The molecule has 0 radical (unpaired) electrons. The first-order valence-corrected chi connectivity index (χ1v) is 6.57. The van der Waals surface area contributed by atoms with Gasteiger partial charge in [-0.3, -0.25) is 9.97 Å². The van der Waals surface area contributed by atoms with Crippen molar-refractivity contribution in [3.63, 3.8) is 0 Å². The average molecular weight is 257 g/mol. The molecule has 1 aromatic carbocycles. The lowest BCUT2D eigenvalue weighted by Crippen LogP contribution is -2.28. The van der Waals surface area contributed by atoms with Crippen LogP contribution in [-0.4, -0.2) is 23.1 Å². The molecule has 0 saturated heterocycles. The van der Waals surface area contributed by atoms with Crippen LogP contribution < -0.4 is 10.1 Å². The Morgan fingerprint density at radius 3 is 2.74 bits per heavy atom. The predicted molar refractivity (Wildman–Crippen MR) is 75.0 cm³/mol. The summed E-state index contributed by atoms with van der Waals surface area (Å²) in [7, 11) is 0. The van der Waals surface area contributed by atoms with Crippen LogP contribution >= 0.6 is 0 Å². The van der Waals surface area contributed by atoms with Gasteiger partial charge in [-0.15, -0.1) is 0 Å². The quantitative estimate of drug-likeness (QED) is 0.828. The molecule has 4 heteroatoms. The van der Waals surface area contributed by atoms with Gasteiger partial charge in [-0.1, -0.05) is 25.1 Å². The van der Waals surface area contributed by atoms with Crippen LogP contribution in [0.1, 0.15) is 25.1 Å². The van der Waals surface area contributed by atoms with Crippen LogP contribution in [0, 0.1) is 0 Å². The normalized spacial score (nSPS) is 12.1. The minimum Gasteiger partial charge on any atom is -0.492 e. The van der Waals surface area contributed by atoms with Gasteiger partial charge in [-0.05, 0) is 25.1 Å². The van der Waals surface area contributed by atoms with Crippen LogP contribution in [-0.2, 0) is 0 Å². The standard InChI is InChI=1S/C15H19N3O/c1-2-8-17-15(14-11-16-9-10-18-14)12-19-13-6-4-3-5-7-13/h3-7,9-11,15,17H,2,8,12H2,1H3. The smallest absolute Gasteiger partial charge is 0.119 e. The Kier molecular flexibility index (Phi) is 5.31. The fourth-order valence-corrected chi connectivity index (χ4v) is 1.75. The first-order valence-electron chi connectivity index (χ1n) is 6.57. The lowest BCUT2D eigenvalue weighted by molar-refractivity contribution is 0.263. The zero-order chi connectivity index (χ0) is 13.3. The van der Waals surface area contributed by atoms with Crippen molar-refractivity contribution in [2.24, 2.45) is 0 Å². The van der Waals surface area contributed by atoms with Gasteiger partial charge >= 0.3 is 0 Å². The van der Waals surface area contributed by atoms with E-state index in [2.05, 4.69) is 22.2 Å². The molecule has 1 heterocycles. The zero-order valence-electron chi connectivity index (χ0n) is 11.1. The molecule has 0 spiro atoms. The largest absolute Gasteiger partial charge is 0.492 e. The molecule has 0 aliphatic rings. The molecule has 1 unspecified atom stereocenters.